The quantitative estimate of drug-likeness (QED) is 0.228. The highest BCUT2D eigenvalue weighted by molar-refractivity contribution is 7.93. The molecule has 0 unspecified atom stereocenters. The molecule has 1 saturated heterocycles. The summed E-state index contributed by atoms with van der Waals surface area (Å²) in [6.45, 7) is 1.50. The molecule has 2 atom stereocenters. The summed E-state index contributed by atoms with van der Waals surface area (Å²) in [5.74, 6) is 0.0469. The van der Waals surface area contributed by atoms with E-state index in [4.69, 9.17) is 16.3 Å². The van der Waals surface area contributed by atoms with Crippen LogP contribution in [0.15, 0.2) is 58.9 Å². The molecule has 0 bridgehead atoms. The molecule has 2 aromatic carbocycles. The molecule has 1 aliphatic rings. The van der Waals surface area contributed by atoms with Gasteiger partial charge in [0.2, 0.25) is 0 Å². The summed E-state index contributed by atoms with van der Waals surface area (Å²) in [6, 6.07) is 12.7. The number of halogens is 2. The maximum absolute atomic E-state index is 14.6. The van der Waals surface area contributed by atoms with E-state index in [1.54, 1.807) is 5.38 Å². The normalized spacial score (nSPS) is 17.7. The van der Waals surface area contributed by atoms with E-state index in [1.165, 1.54) is 6.20 Å². The molecule has 1 fully saturated rings. The SMILES string of the molecule is O=S(=O)(Nc1nccs1)c1cc(Cl)c(NCCCCCC[C@@H]2C[C@H](Oc3ccccc3)CN2)cc1F. The van der Waals surface area contributed by atoms with Crippen LogP contribution in [0.1, 0.15) is 38.5 Å². The van der Waals surface area contributed by atoms with Crippen LogP contribution in [-0.2, 0) is 10.0 Å². The van der Waals surface area contributed by atoms with Gasteiger partial charge in [0, 0.05) is 37.1 Å². The molecule has 3 aromatic rings. The van der Waals surface area contributed by atoms with Gasteiger partial charge in [0.25, 0.3) is 10.0 Å². The van der Waals surface area contributed by atoms with Gasteiger partial charge in [-0.3, -0.25) is 4.72 Å². The summed E-state index contributed by atoms with van der Waals surface area (Å²) in [6.07, 6.45) is 7.99. The summed E-state index contributed by atoms with van der Waals surface area (Å²) >= 11 is 7.34. The number of hydrogen-bond acceptors (Lipinski definition) is 7. The molecular weight excluding hydrogens is 523 g/mol. The number of nitrogens with zero attached hydrogens (tertiary/aromatic N) is 1. The fourth-order valence-corrected chi connectivity index (χ4v) is 6.36. The van der Waals surface area contributed by atoms with Gasteiger partial charge in [-0.1, -0.05) is 49.1 Å². The van der Waals surface area contributed by atoms with E-state index in [-0.39, 0.29) is 16.3 Å². The number of sulfonamides is 1. The Bertz CT molecular complexity index is 1210. The Labute approximate surface area is 220 Å². The summed E-state index contributed by atoms with van der Waals surface area (Å²) in [4.78, 5) is 3.35. The first-order valence-corrected chi connectivity index (χ1v) is 14.7. The van der Waals surface area contributed by atoms with Crippen molar-refractivity contribution >= 4 is 43.8 Å². The molecule has 11 heteroatoms. The van der Waals surface area contributed by atoms with E-state index in [2.05, 4.69) is 20.3 Å². The Kier molecular flexibility index (Phi) is 9.41. The maximum Gasteiger partial charge on any atom is 0.266 e. The molecule has 0 radical (unpaired) electrons. The van der Waals surface area contributed by atoms with Crippen molar-refractivity contribution in [3.05, 3.63) is 64.9 Å². The molecule has 0 spiro atoms. The lowest BCUT2D eigenvalue weighted by molar-refractivity contribution is 0.219. The number of thiazole rings is 1. The number of benzene rings is 2. The van der Waals surface area contributed by atoms with Gasteiger partial charge >= 0.3 is 0 Å². The summed E-state index contributed by atoms with van der Waals surface area (Å²) in [5, 5.41) is 8.60. The highest BCUT2D eigenvalue weighted by Crippen LogP contribution is 2.29. The van der Waals surface area contributed by atoms with Crippen molar-refractivity contribution in [1.29, 1.82) is 0 Å². The van der Waals surface area contributed by atoms with Crippen LogP contribution in [0.2, 0.25) is 5.02 Å². The standard InChI is InChI=1S/C25H30ClFN4O3S2/c26-21-15-24(36(32,33)31-25-29-12-13-35-25)22(27)16-23(21)28-11-7-2-1-4-8-18-14-20(17-30-18)34-19-9-5-3-6-10-19/h3,5-6,9-10,12-13,15-16,18,20,28,30H,1-2,4,7-8,11,14,17H2,(H,29,31)/t18-,20+/m1/s1. The van der Waals surface area contributed by atoms with Crippen LogP contribution in [0, 0.1) is 5.82 Å². The summed E-state index contributed by atoms with van der Waals surface area (Å²) < 4.78 is 47.8. The van der Waals surface area contributed by atoms with Crippen LogP contribution >= 0.6 is 22.9 Å². The van der Waals surface area contributed by atoms with E-state index < -0.39 is 20.7 Å². The van der Waals surface area contributed by atoms with Crippen LogP contribution < -0.4 is 20.1 Å². The first-order valence-electron chi connectivity index (χ1n) is 12.0. The number of anilines is 2. The molecule has 7 nitrogen and oxygen atoms in total. The Morgan fingerprint density at radius 1 is 1.17 bits per heavy atom. The largest absolute Gasteiger partial charge is 0.489 e. The molecule has 0 aliphatic carbocycles. The zero-order chi connectivity index (χ0) is 25.4. The average molecular weight is 553 g/mol. The van der Waals surface area contributed by atoms with Crippen LogP contribution in [-0.4, -0.2) is 38.6 Å². The van der Waals surface area contributed by atoms with Crippen molar-refractivity contribution in [2.45, 2.75) is 55.6 Å². The van der Waals surface area contributed by atoms with Gasteiger partial charge in [-0.2, -0.15) is 0 Å². The number of unbranched alkanes of at least 4 members (excludes halogenated alkanes) is 3. The van der Waals surface area contributed by atoms with Gasteiger partial charge < -0.3 is 15.4 Å². The third-order valence-corrected chi connectivity index (χ3v) is 8.47. The molecular formula is C25H30ClFN4O3S2. The Hall–Kier alpha value is -2.40. The van der Waals surface area contributed by atoms with Gasteiger partial charge in [-0.25, -0.2) is 17.8 Å². The van der Waals surface area contributed by atoms with Crippen LogP contribution in [0.4, 0.5) is 15.2 Å². The number of para-hydroxylation sites is 1. The molecule has 3 N–H and O–H groups in total. The fourth-order valence-electron chi connectivity index (χ4n) is 4.19. The van der Waals surface area contributed by atoms with Crippen LogP contribution in [0.3, 0.4) is 0 Å². The zero-order valence-electron chi connectivity index (χ0n) is 19.8. The lowest BCUT2D eigenvalue weighted by atomic mass is 10.1. The van der Waals surface area contributed by atoms with E-state index in [0.717, 1.165) is 74.3 Å². The third-order valence-electron chi connectivity index (χ3n) is 5.99. The molecule has 0 saturated carbocycles. The van der Waals surface area contributed by atoms with Gasteiger partial charge in [0.1, 0.15) is 22.6 Å². The molecule has 0 amide bonds. The van der Waals surface area contributed by atoms with E-state index in [9.17, 15) is 12.8 Å². The van der Waals surface area contributed by atoms with Gasteiger partial charge in [0.15, 0.2) is 5.13 Å². The van der Waals surface area contributed by atoms with Gasteiger partial charge in [-0.15, -0.1) is 11.3 Å². The third kappa shape index (κ3) is 7.55. The van der Waals surface area contributed by atoms with Crippen molar-refractivity contribution in [3.63, 3.8) is 0 Å². The summed E-state index contributed by atoms with van der Waals surface area (Å²) in [7, 11) is -4.12. The molecule has 36 heavy (non-hydrogen) atoms. The molecule has 4 rings (SSSR count). The topological polar surface area (TPSA) is 92.4 Å². The summed E-state index contributed by atoms with van der Waals surface area (Å²) in [5.41, 5.74) is 0.377. The minimum atomic E-state index is -4.12. The van der Waals surface area contributed by atoms with Crippen LogP contribution in [0.5, 0.6) is 5.75 Å². The first kappa shape index (κ1) is 26.7. The number of aromatic nitrogens is 1. The average Bonchev–Trinajstić information content (AvgIpc) is 3.52. The van der Waals surface area contributed by atoms with E-state index in [0.29, 0.717) is 18.3 Å². The van der Waals surface area contributed by atoms with E-state index in [1.807, 2.05) is 30.3 Å². The molecule has 194 valence electrons. The Morgan fingerprint density at radius 2 is 1.97 bits per heavy atom. The highest BCUT2D eigenvalue weighted by Gasteiger charge is 2.25. The van der Waals surface area contributed by atoms with Crippen molar-refractivity contribution in [2.75, 3.05) is 23.1 Å². The Morgan fingerprint density at radius 3 is 2.75 bits per heavy atom. The lowest BCUT2D eigenvalue weighted by Gasteiger charge is -2.13. The second-order valence-electron chi connectivity index (χ2n) is 8.73. The monoisotopic (exact) mass is 552 g/mol. The fraction of sp³-hybridized carbons (Fsp3) is 0.400. The first-order chi connectivity index (χ1) is 17.4. The smallest absolute Gasteiger partial charge is 0.266 e. The molecule has 1 aliphatic heterocycles. The van der Waals surface area contributed by atoms with Crippen molar-refractivity contribution in [1.82, 2.24) is 10.3 Å². The lowest BCUT2D eigenvalue weighted by Crippen LogP contribution is -2.22. The van der Waals surface area contributed by atoms with Gasteiger partial charge in [0.05, 0.1) is 10.7 Å². The predicted molar refractivity (Wildman–Crippen MR) is 143 cm³/mol. The zero-order valence-corrected chi connectivity index (χ0v) is 22.1. The van der Waals surface area contributed by atoms with Crippen molar-refractivity contribution < 1.29 is 17.5 Å². The highest BCUT2D eigenvalue weighted by atomic mass is 35.5. The maximum atomic E-state index is 14.6. The van der Waals surface area contributed by atoms with Crippen LogP contribution in [0.25, 0.3) is 0 Å². The number of hydrogen-bond donors (Lipinski definition) is 3. The number of rotatable bonds is 13. The van der Waals surface area contributed by atoms with Crippen molar-refractivity contribution in [2.24, 2.45) is 0 Å². The molecule has 2 heterocycles. The number of nitrogens with one attached hydrogen (secondary N) is 3. The minimum Gasteiger partial charge on any atom is -0.489 e. The predicted octanol–water partition coefficient (Wildman–Crippen LogP) is 5.91. The van der Waals surface area contributed by atoms with Crippen molar-refractivity contribution in [3.8, 4) is 5.75 Å². The molecule has 1 aromatic heterocycles. The second-order valence-corrected chi connectivity index (χ2v) is 11.7. The van der Waals surface area contributed by atoms with E-state index >= 15 is 0 Å². The Balaban J connectivity index is 1.13. The minimum absolute atomic E-state index is 0.149. The second kappa shape index (κ2) is 12.7. The van der Waals surface area contributed by atoms with Gasteiger partial charge in [-0.05, 0) is 37.1 Å². The number of ether oxygens (including phenoxy) is 1.